The van der Waals surface area contributed by atoms with Gasteiger partial charge in [-0.15, -0.1) is 0 Å². The maximum atomic E-state index is 12.5. The summed E-state index contributed by atoms with van der Waals surface area (Å²) in [6.45, 7) is 6.52. The van der Waals surface area contributed by atoms with Crippen molar-refractivity contribution in [2.45, 2.75) is 85.0 Å². The van der Waals surface area contributed by atoms with Crippen LogP contribution in [0.2, 0.25) is 0 Å². The Balaban J connectivity index is 1.65. The third kappa shape index (κ3) is 3.77. The molecule has 0 aromatic rings. The van der Waals surface area contributed by atoms with Crippen molar-refractivity contribution in [2.24, 2.45) is 39.9 Å². The average molecular weight is 461 g/mol. The Morgan fingerprint density at radius 2 is 1.85 bits per heavy atom. The zero-order valence-corrected chi connectivity index (χ0v) is 20.4. The fourth-order valence-corrected chi connectivity index (χ4v) is 8.75. The summed E-state index contributed by atoms with van der Waals surface area (Å²) in [4.78, 5) is 36.7. The number of carbonyl (C=O) groups excluding carboxylic acids is 2. The highest BCUT2D eigenvalue weighted by Crippen LogP contribution is 2.71. The first kappa shape index (κ1) is 24.4. The summed E-state index contributed by atoms with van der Waals surface area (Å²) < 4.78 is 5.12. The molecule has 33 heavy (non-hydrogen) atoms. The van der Waals surface area contributed by atoms with E-state index in [1.54, 1.807) is 6.92 Å². The van der Waals surface area contributed by atoms with Crippen molar-refractivity contribution in [3.8, 4) is 0 Å². The van der Waals surface area contributed by atoms with Crippen molar-refractivity contribution >= 4 is 17.7 Å². The van der Waals surface area contributed by atoms with Crippen molar-refractivity contribution < 1.29 is 29.3 Å². The average Bonchev–Trinajstić information content (AvgIpc) is 3.05. The molecule has 4 rings (SSSR count). The second kappa shape index (κ2) is 8.83. The van der Waals surface area contributed by atoms with Gasteiger partial charge in [-0.3, -0.25) is 14.4 Å². The lowest BCUT2D eigenvalue weighted by atomic mass is 9.44. The third-order valence-electron chi connectivity index (χ3n) is 10.6. The molecule has 0 aromatic heterocycles. The Kier molecular flexibility index (Phi) is 6.54. The van der Waals surface area contributed by atoms with E-state index >= 15 is 0 Å². The quantitative estimate of drug-likeness (QED) is 0.427. The van der Waals surface area contributed by atoms with E-state index in [2.05, 4.69) is 13.8 Å². The van der Waals surface area contributed by atoms with Crippen LogP contribution in [0.3, 0.4) is 0 Å². The van der Waals surface area contributed by atoms with Crippen LogP contribution in [-0.2, 0) is 19.1 Å². The number of fused-ring (bicyclic) bond motifs is 5. The lowest BCUT2D eigenvalue weighted by Gasteiger charge is -2.60. The number of aliphatic carboxylic acids is 1. The summed E-state index contributed by atoms with van der Waals surface area (Å²) in [7, 11) is 0. The summed E-state index contributed by atoms with van der Waals surface area (Å²) in [5.41, 5.74) is 0.942. The molecule has 4 aliphatic carbocycles. The van der Waals surface area contributed by atoms with E-state index in [1.165, 1.54) is 5.57 Å². The number of carboxylic acids is 1. The number of rotatable bonds is 7. The number of aliphatic hydroxyl groups excluding tert-OH is 1. The molecule has 0 radical (unpaired) electrons. The number of hydrogen-bond donors (Lipinski definition) is 2. The molecular formula is C27H40O6. The molecule has 7 atom stereocenters. The van der Waals surface area contributed by atoms with E-state index in [-0.39, 0.29) is 41.7 Å². The van der Waals surface area contributed by atoms with Crippen LogP contribution < -0.4 is 0 Å². The fourth-order valence-electron chi connectivity index (χ4n) is 8.75. The molecule has 0 aliphatic heterocycles. The zero-order valence-electron chi connectivity index (χ0n) is 20.4. The van der Waals surface area contributed by atoms with Crippen molar-refractivity contribution in [3.63, 3.8) is 0 Å². The standard InChI is InChI=1S/C27H40O6/c1-4-33-24(32)20(23(30)31)16-27(13-14-28)12-9-22-19-6-5-17-15-18(29)7-10-25(17,2)21(19)8-11-26(22,27)3/h15,19-22,28H,4-14,16H2,1-3H3,(H,30,31)/t19-,20?,21+,22+,25+,26+,27+/m1/s1. The number of carbonyl (C=O) groups is 3. The highest BCUT2D eigenvalue weighted by molar-refractivity contribution is 5.94. The van der Waals surface area contributed by atoms with Gasteiger partial charge in [0.2, 0.25) is 0 Å². The van der Waals surface area contributed by atoms with Crippen LogP contribution in [-0.4, -0.2) is 41.1 Å². The van der Waals surface area contributed by atoms with Gasteiger partial charge < -0.3 is 14.9 Å². The summed E-state index contributed by atoms with van der Waals surface area (Å²) in [5, 5.41) is 19.9. The fraction of sp³-hybridized carbons (Fsp3) is 0.815. The van der Waals surface area contributed by atoms with Gasteiger partial charge in [-0.05, 0) is 105 Å². The summed E-state index contributed by atoms with van der Waals surface area (Å²) in [6, 6.07) is 0. The SMILES string of the molecule is CCOC(=O)C(C[C@@]1(CCO)CC[C@H]2[C@@H]3CCC4=CC(=O)CC[C@]4(C)[C@H]3CC[C@@]21C)C(=O)O. The smallest absolute Gasteiger partial charge is 0.320 e. The van der Waals surface area contributed by atoms with Gasteiger partial charge in [-0.25, -0.2) is 0 Å². The second-order valence-corrected chi connectivity index (χ2v) is 11.6. The minimum absolute atomic E-state index is 0.00170. The zero-order chi connectivity index (χ0) is 24.0. The molecule has 3 saturated carbocycles. The molecule has 3 fully saturated rings. The Morgan fingerprint density at radius 3 is 2.52 bits per heavy atom. The van der Waals surface area contributed by atoms with Crippen LogP contribution in [0, 0.1) is 39.9 Å². The number of hydrogen-bond acceptors (Lipinski definition) is 5. The molecule has 6 nitrogen and oxygen atoms in total. The Bertz CT molecular complexity index is 848. The summed E-state index contributed by atoms with van der Waals surface area (Å²) in [5.74, 6) is -1.15. The molecule has 0 aromatic carbocycles. The molecule has 184 valence electrons. The van der Waals surface area contributed by atoms with E-state index in [0.29, 0.717) is 30.6 Å². The molecule has 0 spiro atoms. The molecule has 0 amide bonds. The highest BCUT2D eigenvalue weighted by Gasteiger charge is 2.64. The molecule has 2 N–H and O–H groups in total. The molecular weight excluding hydrogens is 420 g/mol. The third-order valence-corrected chi connectivity index (χ3v) is 10.6. The first-order valence-corrected chi connectivity index (χ1v) is 12.9. The second-order valence-electron chi connectivity index (χ2n) is 11.6. The van der Waals surface area contributed by atoms with E-state index in [9.17, 15) is 24.6 Å². The monoisotopic (exact) mass is 460 g/mol. The lowest BCUT2D eigenvalue weighted by Crippen LogP contribution is -2.53. The minimum atomic E-state index is -1.19. The van der Waals surface area contributed by atoms with Crippen molar-refractivity contribution in [2.75, 3.05) is 13.2 Å². The number of allylic oxidation sites excluding steroid dienone is 1. The van der Waals surface area contributed by atoms with Crippen molar-refractivity contribution in [1.29, 1.82) is 0 Å². The largest absolute Gasteiger partial charge is 0.481 e. The summed E-state index contributed by atoms with van der Waals surface area (Å²) >= 11 is 0. The van der Waals surface area contributed by atoms with Crippen LogP contribution in [0.4, 0.5) is 0 Å². The maximum Gasteiger partial charge on any atom is 0.320 e. The van der Waals surface area contributed by atoms with Gasteiger partial charge in [0.25, 0.3) is 0 Å². The normalized spacial score (nSPS) is 40.8. The van der Waals surface area contributed by atoms with Crippen LogP contribution >= 0.6 is 0 Å². The topological polar surface area (TPSA) is 101 Å². The molecule has 0 heterocycles. The van der Waals surface area contributed by atoms with Crippen molar-refractivity contribution in [3.05, 3.63) is 11.6 Å². The molecule has 4 aliphatic rings. The van der Waals surface area contributed by atoms with Gasteiger partial charge in [0.1, 0.15) is 0 Å². The number of aliphatic hydroxyl groups is 1. The van der Waals surface area contributed by atoms with Crippen LogP contribution in [0.25, 0.3) is 0 Å². The molecule has 6 heteroatoms. The number of carboxylic acid groups (broad SMARTS) is 1. The molecule has 1 unspecified atom stereocenters. The van der Waals surface area contributed by atoms with Gasteiger partial charge in [0, 0.05) is 13.0 Å². The maximum absolute atomic E-state index is 12.5. The number of ketones is 1. The van der Waals surface area contributed by atoms with Gasteiger partial charge in [0.15, 0.2) is 11.7 Å². The van der Waals surface area contributed by atoms with E-state index in [0.717, 1.165) is 44.9 Å². The Hall–Kier alpha value is -1.69. The van der Waals surface area contributed by atoms with Crippen molar-refractivity contribution in [1.82, 2.24) is 0 Å². The lowest BCUT2D eigenvalue weighted by molar-refractivity contribution is -0.163. The van der Waals surface area contributed by atoms with E-state index < -0.39 is 17.9 Å². The Labute approximate surface area is 197 Å². The first-order chi connectivity index (χ1) is 15.6. The number of esters is 1. The van der Waals surface area contributed by atoms with Crippen LogP contribution in [0.5, 0.6) is 0 Å². The Morgan fingerprint density at radius 1 is 1.12 bits per heavy atom. The van der Waals surface area contributed by atoms with E-state index in [4.69, 9.17) is 4.74 Å². The number of ether oxygens (including phenoxy) is 1. The predicted molar refractivity (Wildman–Crippen MR) is 123 cm³/mol. The predicted octanol–water partition coefficient (Wildman–Crippen LogP) is 4.54. The first-order valence-electron chi connectivity index (χ1n) is 12.9. The summed E-state index contributed by atoms with van der Waals surface area (Å²) in [6.07, 6.45) is 10.2. The van der Waals surface area contributed by atoms with Gasteiger partial charge >= 0.3 is 11.9 Å². The van der Waals surface area contributed by atoms with Crippen LogP contribution in [0.15, 0.2) is 11.6 Å². The van der Waals surface area contributed by atoms with Gasteiger partial charge in [-0.2, -0.15) is 0 Å². The van der Waals surface area contributed by atoms with Gasteiger partial charge in [-0.1, -0.05) is 19.4 Å². The van der Waals surface area contributed by atoms with Gasteiger partial charge in [0.05, 0.1) is 6.61 Å². The molecule has 0 saturated heterocycles. The molecule has 0 bridgehead atoms. The minimum Gasteiger partial charge on any atom is -0.481 e. The van der Waals surface area contributed by atoms with Crippen LogP contribution in [0.1, 0.15) is 85.0 Å². The highest BCUT2D eigenvalue weighted by atomic mass is 16.5. The van der Waals surface area contributed by atoms with E-state index in [1.807, 2.05) is 6.08 Å².